The second-order valence-corrected chi connectivity index (χ2v) is 12.0. The summed E-state index contributed by atoms with van der Waals surface area (Å²) in [7, 11) is -6.33. The molecular formula is C24H24ClN3O7S2. The summed E-state index contributed by atoms with van der Waals surface area (Å²) in [5, 5.41) is 3.12. The fraction of sp³-hybridized carbons (Fsp3) is 0.208. The molecule has 37 heavy (non-hydrogen) atoms. The van der Waals surface area contributed by atoms with Crippen molar-refractivity contribution in [1.29, 1.82) is 0 Å². The Kier molecular flexibility index (Phi) is 8.05. The van der Waals surface area contributed by atoms with Crippen LogP contribution in [-0.4, -0.2) is 60.5 Å². The molecule has 3 aromatic rings. The molecule has 3 aromatic carbocycles. The molecule has 1 heterocycles. The minimum atomic E-state index is -3.87. The van der Waals surface area contributed by atoms with E-state index in [1.165, 1.54) is 66.0 Å². The summed E-state index contributed by atoms with van der Waals surface area (Å²) in [6.07, 6.45) is 0. The van der Waals surface area contributed by atoms with Crippen molar-refractivity contribution in [3.63, 3.8) is 0 Å². The van der Waals surface area contributed by atoms with E-state index in [2.05, 4.69) is 10.0 Å². The maximum Gasteiger partial charge on any atom is 0.261 e. The zero-order chi connectivity index (χ0) is 26.6. The molecule has 13 heteroatoms. The molecule has 0 radical (unpaired) electrons. The largest absolute Gasteiger partial charge is 0.496 e. The fourth-order valence-electron chi connectivity index (χ4n) is 3.61. The van der Waals surface area contributed by atoms with Gasteiger partial charge < -0.3 is 14.8 Å². The number of nitrogens with one attached hydrogen (secondary N) is 2. The summed E-state index contributed by atoms with van der Waals surface area (Å²) in [5.41, 5.74) is 0.665. The van der Waals surface area contributed by atoms with Crippen molar-refractivity contribution in [3.8, 4) is 5.75 Å². The number of methoxy groups -OCH3 is 1. The number of hydrogen-bond donors (Lipinski definition) is 2. The van der Waals surface area contributed by atoms with Crippen LogP contribution >= 0.6 is 11.6 Å². The highest BCUT2D eigenvalue weighted by Gasteiger charge is 2.28. The van der Waals surface area contributed by atoms with Gasteiger partial charge in [0.25, 0.3) is 15.9 Å². The Morgan fingerprint density at radius 1 is 0.892 bits per heavy atom. The van der Waals surface area contributed by atoms with Crippen molar-refractivity contribution >= 4 is 48.9 Å². The van der Waals surface area contributed by atoms with E-state index < -0.39 is 26.0 Å². The summed E-state index contributed by atoms with van der Waals surface area (Å²) >= 11 is 5.83. The van der Waals surface area contributed by atoms with Crippen molar-refractivity contribution < 1.29 is 31.1 Å². The Labute approximate surface area is 220 Å². The molecule has 1 amide bonds. The predicted octanol–water partition coefficient (Wildman–Crippen LogP) is 3.42. The number of hydrogen-bond acceptors (Lipinski definition) is 7. The topological polar surface area (TPSA) is 131 Å². The summed E-state index contributed by atoms with van der Waals surface area (Å²) in [6, 6.07) is 15.8. The second kappa shape index (κ2) is 11.1. The summed E-state index contributed by atoms with van der Waals surface area (Å²) in [5.74, 6) is -0.435. The number of benzene rings is 3. The van der Waals surface area contributed by atoms with Crippen LogP contribution in [0.4, 0.5) is 11.4 Å². The van der Waals surface area contributed by atoms with E-state index in [0.29, 0.717) is 29.6 Å². The molecule has 0 saturated carbocycles. The highest BCUT2D eigenvalue weighted by Crippen LogP contribution is 2.27. The average Bonchev–Trinajstić information content (AvgIpc) is 2.90. The van der Waals surface area contributed by atoms with Gasteiger partial charge in [-0.2, -0.15) is 4.31 Å². The number of morpholine rings is 1. The third-order valence-corrected chi connectivity index (χ3v) is 9.09. The number of ether oxygens (including phenoxy) is 2. The number of carbonyl (C=O) groups excluding carboxylic acids is 1. The zero-order valence-electron chi connectivity index (χ0n) is 19.7. The lowest BCUT2D eigenvalue weighted by Gasteiger charge is -2.26. The van der Waals surface area contributed by atoms with Crippen LogP contribution in [0.3, 0.4) is 0 Å². The lowest BCUT2D eigenvalue weighted by molar-refractivity contribution is 0.0730. The van der Waals surface area contributed by atoms with Gasteiger partial charge in [0.15, 0.2) is 0 Å². The van der Waals surface area contributed by atoms with Crippen LogP contribution in [0.15, 0.2) is 76.5 Å². The maximum absolute atomic E-state index is 13.0. The summed E-state index contributed by atoms with van der Waals surface area (Å²) in [6.45, 7) is 1.03. The highest BCUT2D eigenvalue weighted by molar-refractivity contribution is 7.92. The Morgan fingerprint density at radius 3 is 2.11 bits per heavy atom. The van der Waals surface area contributed by atoms with E-state index in [-0.39, 0.29) is 34.2 Å². The zero-order valence-corrected chi connectivity index (χ0v) is 22.1. The molecule has 1 aliphatic rings. The first kappa shape index (κ1) is 26.9. The fourth-order valence-corrected chi connectivity index (χ4v) is 6.23. The molecule has 0 unspecified atom stereocenters. The molecule has 196 valence electrons. The van der Waals surface area contributed by atoms with Gasteiger partial charge in [0.05, 0.1) is 35.7 Å². The van der Waals surface area contributed by atoms with Gasteiger partial charge in [-0.1, -0.05) is 11.6 Å². The first-order chi connectivity index (χ1) is 17.6. The number of carbonyl (C=O) groups is 1. The van der Waals surface area contributed by atoms with Crippen molar-refractivity contribution in [3.05, 3.63) is 77.3 Å². The van der Waals surface area contributed by atoms with Crippen molar-refractivity contribution in [2.75, 3.05) is 43.5 Å². The Hall–Kier alpha value is -3.16. The molecule has 0 bridgehead atoms. The van der Waals surface area contributed by atoms with E-state index in [1.54, 1.807) is 12.1 Å². The molecule has 0 aromatic heterocycles. The first-order valence-corrected chi connectivity index (χ1v) is 14.4. The number of rotatable bonds is 8. The van der Waals surface area contributed by atoms with Gasteiger partial charge in [0, 0.05) is 29.5 Å². The monoisotopic (exact) mass is 565 g/mol. The van der Waals surface area contributed by atoms with Crippen LogP contribution in [0.5, 0.6) is 5.75 Å². The van der Waals surface area contributed by atoms with Crippen LogP contribution in [0.1, 0.15) is 10.4 Å². The van der Waals surface area contributed by atoms with Crippen LogP contribution in [0.2, 0.25) is 5.02 Å². The van der Waals surface area contributed by atoms with Crippen molar-refractivity contribution in [2.24, 2.45) is 0 Å². The average molecular weight is 566 g/mol. The van der Waals surface area contributed by atoms with Crippen LogP contribution in [0, 0.1) is 0 Å². The van der Waals surface area contributed by atoms with Crippen molar-refractivity contribution in [2.45, 2.75) is 9.79 Å². The van der Waals surface area contributed by atoms with Gasteiger partial charge in [-0.15, -0.1) is 0 Å². The molecule has 1 fully saturated rings. The third kappa shape index (κ3) is 6.22. The van der Waals surface area contributed by atoms with Crippen LogP contribution in [-0.2, 0) is 24.8 Å². The molecule has 0 atom stereocenters. The smallest absolute Gasteiger partial charge is 0.261 e. The number of nitrogens with zero attached hydrogens (tertiary/aromatic N) is 1. The third-order valence-electron chi connectivity index (χ3n) is 5.54. The van der Waals surface area contributed by atoms with Crippen LogP contribution in [0.25, 0.3) is 0 Å². The van der Waals surface area contributed by atoms with Gasteiger partial charge >= 0.3 is 0 Å². The Bertz CT molecular complexity index is 1490. The number of amides is 1. The molecule has 10 nitrogen and oxygen atoms in total. The van der Waals surface area contributed by atoms with Gasteiger partial charge in [0.2, 0.25) is 10.0 Å². The van der Waals surface area contributed by atoms with Crippen LogP contribution < -0.4 is 14.8 Å². The second-order valence-electron chi connectivity index (χ2n) is 7.97. The quantitative estimate of drug-likeness (QED) is 0.428. The lowest BCUT2D eigenvalue weighted by Crippen LogP contribution is -2.40. The Morgan fingerprint density at radius 2 is 1.49 bits per heavy atom. The van der Waals surface area contributed by atoms with Gasteiger partial charge in [0.1, 0.15) is 5.75 Å². The number of anilines is 2. The lowest BCUT2D eigenvalue weighted by atomic mass is 10.2. The van der Waals surface area contributed by atoms with Gasteiger partial charge in [-0.05, 0) is 66.7 Å². The molecule has 0 spiro atoms. The van der Waals surface area contributed by atoms with Gasteiger partial charge in [-0.3, -0.25) is 9.52 Å². The van der Waals surface area contributed by atoms with E-state index in [9.17, 15) is 21.6 Å². The normalized spacial score (nSPS) is 14.6. The van der Waals surface area contributed by atoms with E-state index in [4.69, 9.17) is 21.1 Å². The predicted molar refractivity (Wildman–Crippen MR) is 139 cm³/mol. The minimum Gasteiger partial charge on any atom is -0.496 e. The SMILES string of the molecule is COc1ccc(S(=O)(=O)N2CCOCC2)cc1C(=O)Nc1ccc(S(=O)(=O)Nc2ccc(Cl)cc2)cc1. The molecule has 0 aliphatic carbocycles. The number of halogens is 1. The first-order valence-electron chi connectivity index (χ1n) is 11.1. The minimum absolute atomic E-state index is 0.0120. The van der Waals surface area contributed by atoms with E-state index in [0.717, 1.165) is 0 Å². The molecule has 2 N–H and O–H groups in total. The standard InChI is InChI=1S/C24H24ClN3O7S2/c1-34-23-11-10-21(37(32,33)28-12-14-35-15-13-28)16-22(23)24(29)26-18-6-8-20(9-7-18)36(30,31)27-19-4-2-17(25)3-5-19/h2-11,16,27H,12-15H2,1H3,(H,26,29). The van der Waals surface area contributed by atoms with E-state index in [1.807, 2.05) is 0 Å². The highest BCUT2D eigenvalue weighted by atomic mass is 35.5. The molecule has 1 saturated heterocycles. The summed E-state index contributed by atoms with van der Waals surface area (Å²) < 4.78 is 65.6. The number of sulfonamides is 2. The van der Waals surface area contributed by atoms with E-state index >= 15 is 0 Å². The summed E-state index contributed by atoms with van der Waals surface area (Å²) in [4.78, 5) is 13.0. The molecule has 1 aliphatic heterocycles. The van der Waals surface area contributed by atoms with Crippen molar-refractivity contribution in [1.82, 2.24) is 4.31 Å². The Balaban J connectivity index is 1.52. The molecular weight excluding hydrogens is 542 g/mol. The molecule has 4 rings (SSSR count). The van der Waals surface area contributed by atoms with Gasteiger partial charge in [-0.25, -0.2) is 16.8 Å². The maximum atomic E-state index is 13.0.